The van der Waals surface area contributed by atoms with E-state index in [0.29, 0.717) is 16.9 Å². The van der Waals surface area contributed by atoms with Crippen LogP contribution in [0, 0.1) is 5.92 Å². The summed E-state index contributed by atoms with van der Waals surface area (Å²) in [7, 11) is 0. The summed E-state index contributed by atoms with van der Waals surface area (Å²) in [6.07, 6.45) is 0. The fourth-order valence-corrected chi connectivity index (χ4v) is 1.87. The first-order chi connectivity index (χ1) is 7.99. The summed E-state index contributed by atoms with van der Waals surface area (Å²) in [5.74, 6) is 0.743. The molecule has 0 aromatic heterocycles. The number of rotatable bonds is 6. The molecule has 0 amide bonds. The average Bonchev–Trinajstić information content (AvgIpc) is 2.21. The largest absolute Gasteiger partial charge is 0.434 e. The number of ether oxygens (including phenoxy) is 1. The fraction of sp³-hybridized carbons (Fsp3) is 0.500. The van der Waals surface area contributed by atoms with Crippen molar-refractivity contribution in [2.75, 3.05) is 6.54 Å². The van der Waals surface area contributed by atoms with Gasteiger partial charge in [-0.15, -0.1) is 0 Å². The third-order valence-corrected chi connectivity index (χ3v) is 2.71. The van der Waals surface area contributed by atoms with Gasteiger partial charge in [-0.3, -0.25) is 0 Å². The van der Waals surface area contributed by atoms with E-state index >= 15 is 0 Å². The second-order valence-corrected chi connectivity index (χ2v) is 5.02. The van der Waals surface area contributed by atoms with Crippen LogP contribution < -0.4 is 10.1 Å². The topological polar surface area (TPSA) is 21.3 Å². The number of benzene rings is 1. The minimum atomic E-state index is -2.80. The summed E-state index contributed by atoms with van der Waals surface area (Å²) in [6.45, 7) is 3.10. The molecule has 96 valence electrons. The van der Waals surface area contributed by atoms with Crippen LogP contribution in [0.3, 0.4) is 0 Å². The van der Waals surface area contributed by atoms with Gasteiger partial charge in [0.05, 0.1) is 4.47 Å². The Hall–Kier alpha value is -0.680. The van der Waals surface area contributed by atoms with E-state index in [9.17, 15) is 8.78 Å². The molecular weight excluding hydrogens is 292 g/mol. The first-order valence-electron chi connectivity index (χ1n) is 5.43. The molecule has 2 nitrogen and oxygen atoms in total. The molecule has 0 saturated carbocycles. The van der Waals surface area contributed by atoms with Crippen LogP contribution in [-0.4, -0.2) is 13.2 Å². The van der Waals surface area contributed by atoms with Crippen molar-refractivity contribution in [3.63, 3.8) is 0 Å². The van der Waals surface area contributed by atoms with Crippen LogP contribution in [0.5, 0.6) is 5.75 Å². The number of hydrogen-bond acceptors (Lipinski definition) is 2. The Bertz CT molecular complexity index is 358. The number of alkyl halides is 2. The minimum absolute atomic E-state index is 0.160. The van der Waals surface area contributed by atoms with Gasteiger partial charge in [0.15, 0.2) is 0 Å². The Kier molecular flexibility index (Phi) is 5.85. The maximum atomic E-state index is 12.0. The second-order valence-electron chi connectivity index (χ2n) is 4.17. The van der Waals surface area contributed by atoms with Crippen molar-refractivity contribution in [3.8, 4) is 5.75 Å². The van der Waals surface area contributed by atoms with E-state index in [-0.39, 0.29) is 5.75 Å². The predicted octanol–water partition coefficient (Wildman–Crippen LogP) is 3.80. The van der Waals surface area contributed by atoms with Gasteiger partial charge in [-0.05, 0) is 46.1 Å². The molecule has 0 atom stereocenters. The monoisotopic (exact) mass is 307 g/mol. The highest BCUT2D eigenvalue weighted by atomic mass is 79.9. The zero-order valence-electron chi connectivity index (χ0n) is 9.84. The Morgan fingerprint density at radius 3 is 2.59 bits per heavy atom. The van der Waals surface area contributed by atoms with Gasteiger partial charge >= 0.3 is 6.61 Å². The third-order valence-electron chi connectivity index (χ3n) is 2.09. The maximum absolute atomic E-state index is 12.0. The van der Waals surface area contributed by atoms with Crippen LogP contribution in [0.4, 0.5) is 8.78 Å². The Balaban J connectivity index is 2.56. The van der Waals surface area contributed by atoms with Crippen molar-refractivity contribution in [1.82, 2.24) is 5.32 Å². The molecule has 0 aliphatic rings. The highest BCUT2D eigenvalue weighted by Crippen LogP contribution is 2.27. The van der Waals surface area contributed by atoms with Crippen LogP contribution in [0.2, 0.25) is 0 Å². The summed E-state index contributed by atoms with van der Waals surface area (Å²) in [5.41, 5.74) is 1.03. The Morgan fingerprint density at radius 2 is 2.06 bits per heavy atom. The summed E-state index contributed by atoms with van der Waals surface area (Å²) in [6, 6.07) is 5.10. The van der Waals surface area contributed by atoms with Crippen molar-refractivity contribution in [1.29, 1.82) is 0 Å². The second kappa shape index (κ2) is 6.91. The molecule has 0 bridgehead atoms. The van der Waals surface area contributed by atoms with Crippen molar-refractivity contribution in [2.24, 2.45) is 5.92 Å². The van der Waals surface area contributed by atoms with Crippen LogP contribution in [-0.2, 0) is 6.54 Å². The number of halogens is 3. The molecule has 0 fully saturated rings. The van der Waals surface area contributed by atoms with Crippen LogP contribution >= 0.6 is 15.9 Å². The molecule has 0 aliphatic carbocycles. The van der Waals surface area contributed by atoms with E-state index in [0.717, 1.165) is 12.1 Å². The summed E-state index contributed by atoms with van der Waals surface area (Å²) < 4.78 is 29.0. The highest BCUT2D eigenvalue weighted by Gasteiger charge is 2.08. The number of hydrogen-bond donors (Lipinski definition) is 1. The SMILES string of the molecule is CC(C)CNCc1ccc(OC(F)F)c(Br)c1. The minimum Gasteiger partial charge on any atom is -0.434 e. The molecule has 1 aromatic carbocycles. The van der Waals surface area contributed by atoms with E-state index in [1.807, 2.05) is 0 Å². The predicted molar refractivity (Wildman–Crippen MR) is 67.3 cm³/mol. The first kappa shape index (κ1) is 14.4. The first-order valence-corrected chi connectivity index (χ1v) is 6.22. The van der Waals surface area contributed by atoms with Crippen molar-refractivity contribution >= 4 is 15.9 Å². The van der Waals surface area contributed by atoms with Gasteiger partial charge < -0.3 is 10.1 Å². The van der Waals surface area contributed by atoms with Crippen molar-refractivity contribution < 1.29 is 13.5 Å². The molecule has 0 heterocycles. The molecule has 17 heavy (non-hydrogen) atoms. The molecule has 1 rings (SSSR count). The van der Waals surface area contributed by atoms with E-state index in [1.165, 1.54) is 0 Å². The molecule has 1 aromatic rings. The fourth-order valence-electron chi connectivity index (χ4n) is 1.35. The molecule has 5 heteroatoms. The molecule has 0 aliphatic heterocycles. The van der Waals surface area contributed by atoms with Crippen molar-refractivity contribution in [3.05, 3.63) is 28.2 Å². The van der Waals surface area contributed by atoms with Gasteiger partial charge in [0.1, 0.15) is 5.75 Å². The van der Waals surface area contributed by atoms with Crippen LogP contribution in [0.15, 0.2) is 22.7 Å². The quantitative estimate of drug-likeness (QED) is 0.863. The van der Waals surface area contributed by atoms with E-state index in [1.54, 1.807) is 18.2 Å². The normalized spacial score (nSPS) is 11.2. The van der Waals surface area contributed by atoms with Crippen molar-refractivity contribution in [2.45, 2.75) is 27.0 Å². The molecule has 0 saturated heterocycles. The van der Waals surface area contributed by atoms with Crippen LogP contribution in [0.25, 0.3) is 0 Å². The van der Waals surface area contributed by atoms with E-state index in [4.69, 9.17) is 0 Å². The summed E-state index contributed by atoms with van der Waals surface area (Å²) in [5, 5.41) is 3.28. The van der Waals surface area contributed by atoms with Gasteiger partial charge in [-0.1, -0.05) is 19.9 Å². The lowest BCUT2D eigenvalue weighted by Crippen LogP contribution is -2.18. The van der Waals surface area contributed by atoms with E-state index in [2.05, 4.69) is 39.8 Å². The van der Waals surface area contributed by atoms with Gasteiger partial charge in [0, 0.05) is 6.54 Å². The Labute approximate surface area is 108 Å². The van der Waals surface area contributed by atoms with Gasteiger partial charge in [-0.2, -0.15) is 8.78 Å². The third kappa shape index (κ3) is 5.46. The summed E-state index contributed by atoms with van der Waals surface area (Å²) in [4.78, 5) is 0. The molecule has 0 spiro atoms. The molecule has 0 unspecified atom stereocenters. The molecular formula is C12H16BrF2NO. The smallest absolute Gasteiger partial charge is 0.387 e. The lowest BCUT2D eigenvalue weighted by atomic mass is 10.2. The molecule has 1 N–H and O–H groups in total. The van der Waals surface area contributed by atoms with Gasteiger partial charge in [0.2, 0.25) is 0 Å². The standard InChI is InChI=1S/C12H16BrF2NO/c1-8(2)6-16-7-9-3-4-11(10(13)5-9)17-12(14)15/h3-5,8,12,16H,6-7H2,1-2H3. The molecule has 0 radical (unpaired) electrons. The highest BCUT2D eigenvalue weighted by molar-refractivity contribution is 9.10. The maximum Gasteiger partial charge on any atom is 0.387 e. The zero-order chi connectivity index (χ0) is 12.8. The van der Waals surface area contributed by atoms with Gasteiger partial charge in [-0.25, -0.2) is 0 Å². The Morgan fingerprint density at radius 1 is 1.35 bits per heavy atom. The lowest BCUT2D eigenvalue weighted by molar-refractivity contribution is -0.0503. The average molecular weight is 308 g/mol. The lowest BCUT2D eigenvalue weighted by Gasteiger charge is -2.10. The number of nitrogens with one attached hydrogen (secondary N) is 1. The van der Waals surface area contributed by atoms with Gasteiger partial charge in [0.25, 0.3) is 0 Å². The van der Waals surface area contributed by atoms with E-state index < -0.39 is 6.61 Å². The zero-order valence-corrected chi connectivity index (χ0v) is 11.4. The van der Waals surface area contributed by atoms with Crippen LogP contribution in [0.1, 0.15) is 19.4 Å². The summed E-state index contributed by atoms with van der Waals surface area (Å²) >= 11 is 3.21.